The molecule has 1 N–H and O–H groups in total. The van der Waals surface area contributed by atoms with E-state index >= 15 is 0 Å². The van der Waals surface area contributed by atoms with Crippen molar-refractivity contribution in [2.24, 2.45) is 0 Å². The van der Waals surface area contributed by atoms with Crippen molar-refractivity contribution in [3.63, 3.8) is 0 Å². The zero-order valence-electron chi connectivity index (χ0n) is 12.6. The summed E-state index contributed by atoms with van der Waals surface area (Å²) >= 11 is 1.93. The Hall–Kier alpha value is -0.380. The lowest BCUT2D eigenvalue weighted by Gasteiger charge is -2.38. The summed E-state index contributed by atoms with van der Waals surface area (Å²) in [5.41, 5.74) is 1.56. The fourth-order valence-electron chi connectivity index (χ4n) is 3.06. The lowest BCUT2D eigenvalue weighted by molar-refractivity contribution is 0.143. The highest BCUT2D eigenvalue weighted by molar-refractivity contribution is 7.10. The van der Waals surface area contributed by atoms with Gasteiger partial charge in [0.05, 0.1) is 0 Å². The van der Waals surface area contributed by atoms with Gasteiger partial charge in [0.2, 0.25) is 0 Å². The van der Waals surface area contributed by atoms with Crippen molar-refractivity contribution in [3.8, 4) is 0 Å². The van der Waals surface area contributed by atoms with E-state index in [2.05, 4.69) is 42.4 Å². The summed E-state index contributed by atoms with van der Waals surface area (Å²) in [6.07, 6.45) is 5.20. The van der Waals surface area contributed by atoms with E-state index in [-0.39, 0.29) is 0 Å². The monoisotopic (exact) mass is 280 g/mol. The first-order chi connectivity index (χ1) is 9.24. The largest absolute Gasteiger partial charge is 0.315 e. The Morgan fingerprint density at radius 2 is 2.32 bits per heavy atom. The molecule has 1 aliphatic heterocycles. The minimum Gasteiger partial charge on any atom is -0.315 e. The summed E-state index contributed by atoms with van der Waals surface area (Å²) < 4.78 is 0. The van der Waals surface area contributed by atoms with Gasteiger partial charge in [0.1, 0.15) is 0 Å². The Balaban J connectivity index is 1.79. The zero-order valence-corrected chi connectivity index (χ0v) is 13.4. The maximum atomic E-state index is 3.62. The number of unbranched alkanes of at least 4 members (excludes halogenated alkanes) is 2. The van der Waals surface area contributed by atoms with Gasteiger partial charge in [-0.15, -0.1) is 11.3 Å². The molecule has 0 aliphatic carbocycles. The molecule has 0 spiro atoms. The van der Waals surface area contributed by atoms with E-state index in [1.54, 1.807) is 10.4 Å². The maximum absolute atomic E-state index is 3.62. The summed E-state index contributed by atoms with van der Waals surface area (Å²) in [5, 5.41) is 5.86. The Morgan fingerprint density at radius 1 is 1.47 bits per heavy atom. The number of hydrogen-bond donors (Lipinski definition) is 1. The van der Waals surface area contributed by atoms with Gasteiger partial charge in [-0.25, -0.2) is 0 Å². The molecule has 1 aliphatic rings. The number of rotatable bonds is 7. The number of hydrogen-bond acceptors (Lipinski definition) is 3. The van der Waals surface area contributed by atoms with Crippen molar-refractivity contribution >= 4 is 11.3 Å². The van der Waals surface area contributed by atoms with Crippen molar-refractivity contribution in [2.75, 3.05) is 19.6 Å². The van der Waals surface area contributed by atoms with E-state index in [0.717, 1.165) is 6.54 Å². The third-order valence-corrected chi connectivity index (χ3v) is 5.28. The molecule has 0 amide bonds. The van der Waals surface area contributed by atoms with Gasteiger partial charge in [-0.05, 0) is 50.2 Å². The Morgan fingerprint density at radius 3 is 3.11 bits per heavy atom. The predicted molar refractivity (Wildman–Crippen MR) is 85.0 cm³/mol. The third kappa shape index (κ3) is 3.80. The van der Waals surface area contributed by atoms with Crippen molar-refractivity contribution in [3.05, 3.63) is 21.9 Å². The van der Waals surface area contributed by atoms with Crippen LogP contribution >= 0.6 is 11.3 Å². The predicted octanol–water partition coefficient (Wildman–Crippen LogP) is 3.84. The van der Waals surface area contributed by atoms with E-state index in [1.165, 1.54) is 38.8 Å². The molecule has 108 valence electrons. The Bertz CT molecular complexity index is 375. The van der Waals surface area contributed by atoms with Crippen LogP contribution in [-0.2, 0) is 6.42 Å². The van der Waals surface area contributed by atoms with Crippen LogP contribution in [-0.4, -0.2) is 30.6 Å². The minimum absolute atomic E-state index is 0.586. The molecule has 1 aromatic heterocycles. The van der Waals surface area contributed by atoms with Crippen LogP contribution in [0.1, 0.15) is 56.5 Å². The molecule has 0 aromatic carbocycles. The Labute approximate surface area is 122 Å². The number of nitrogens with zero attached hydrogens (tertiary/aromatic N) is 1. The summed E-state index contributed by atoms with van der Waals surface area (Å²) in [6.45, 7) is 10.5. The van der Waals surface area contributed by atoms with Crippen molar-refractivity contribution in [2.45, 2.75) is 58.5 Å². The highest BCUT2D eigenvalue weighted by Gasteiger charge is 2.27. The average Bonchev–Trinajstić information content (AvgIpc) is 2.88. The van der Waals surface area contributed by atoms with Gasteiger partial charge in [-0.3, -0.25) is 4.90 Å². The van der Waals surface area contributed by atoms with E-state index in [9.17, 15) is 0 Å². The Kier molecular flexibility index (Phi) is 5.86. The molecule has 2 unspecified atom stereocenters. The van der Waals surface area contributed by atoms with E-state index in [4.69, 9.17) is 0 Å². The molecule has 3 heteroatoms. The molecule has 0 bridgehead atoms. The SMILES string of the molecule is CCCCCNCC(C)N1CCc2sccc2C1C. The van der Waals surface area contributed by atoms with Gasteiger partial charge >= 0.3 is 0 Å². The zero-order chi connectivity index (χ0) is 13.7. The van der Waals surface area contributed by atoms with Crippen LogP contribution in [0.2, 0.25) is 0 Å². The molecule has 0 radical (unpaired) electrons. The molecular weight excluding hydrogens is 252 g/mol. The normalized spacial score (nSPS) is 21.3. The van der Waals surface area contributed by atoms with Crippen LogP contribution in [0.25, 0.3) is 0 Å². The van der Waals surface area contributed by atoms with Gasteiger partial charge < -0.3 is 5.32 Å². The van der Waals surface area contributed by atoms with Crippen LogP contribution in [0, 0.1) is 0 Å². The fourth-order valence-corrected chi connectivity index (χ4v) is 4.02. The van der Waals surface area contributed by atoms with Gasteiger partial charge in [0, 0.05) is 30.1 Å². The smallest absolute Gasteiger partial charge is 0.0334 e. The molecule has 19 heavy (non-hydrogen) atoms. The van der Waals surface area contributed by atoms with Gasteiger partial charge in [-0.1, -0.05) is 19.8 Å². The second-order valence-corrected chi connectivity index (χ2v) is 6.72. The molecule has 0 saturated heterocycles. The third-order valence-electron chi connectivity index (χ3n) is 4.29. The summed E-state index contributed by atoms with van der Waals surface area (Å²) in [4.78, 5) is 4.26. The second-order valence-electron chi connectivity index (χ2n) is 5.72. The lowest BCUT2D eigenvalue weighted by atomic mass is 9.99. The van der Waals surface area contributed by atoms with E-state index in [1.807, 2.05) is 11.3 Å². The lowest BCUT2D eigenvalue weighted by Crippen LogP contribution is -2.44. The number of fused-ring (bicyclic) bond motifs is 1. The van der Waals surface area contributed by atoms with E-state index < -0.39 is 0 Å². The van der Waals surface area contributed by atoms with Crippen LogP contribution < -0.4 is 5.32 Å². The molecule has 2 atom stereocenters. The molecule has 0 fully saturated rings. The second kappa shape index (κ2) is 7.41. The quantitative estimate of drug-likeness (QED) is 0.764. The molecule has 2 nitrogen and oxygen atoms in total. The average molecular weight is 280 g/mol. The van der Waals surface area contributed by atoms with Crippen molar-refractivity contribution < 1.29 is 0 Å². The van der Waals surface area contributed by atoms with Crippen LogP contribution in [0.5, 0.6) is 0 Å². The van der Waals surface area contributed by atoms with Gasteiger partial charge in [-0.2, -0.15) is 0 Å². The minimum atomic E-state index is 0.586. The van der Waals surface area contributed by atoms with Gasteiger partial charge in [0.15, 0.2) is 0 Å². The maximum Gasteiger partial charge on any atom is 0.0334 e. The first-order valence-electron chi connectivity index (χ1n) is 7.76. The molecule has 2 rings (SSSR count). The van der Waals surface area contributed by atoms with Crippen LogP contribution in [0.3, 0.4) is 0 Å². The topological polar surface area (TPSA) is 15.3 Å². The highest BCUT2D eigenvalue weighted by Crippen LogP contribution is 2.33. The summed E-state index contributed by atoms with van der Waals surface area (Å²) in [5.74, 6) is 0. The van der Waals surface area contributed by atoms with Crippen LogP contribution in [0.15, 0.2) is 11.4 Å². The van der Waals surface area contributed by atoms with Crippen molar-refractivity contribution in [1.29, 1.82) is 0 Å². The fraction of sp³-hybridized carbons (Fsp3) is 0.750. The van der Waals surface area contributed by atoms with Crippen molar-refractivity contribution in [1.82, 2.24) is 10.2 Å². The van der Waals surface area contributed by atoms with Crippen LogP contribution in [0.4, 0.5) is 0 Å². The molecule has 0 saturated carbocycles. The summed E-state index contributed by atoms with van der Waals surface area (Å²) in [6, 6.07) is 3.53. The summed E-state index contributed by atoms with van der Waals surface area (Å²) in [7, 11) is 0. The van der Waals surface area contributed by atoms with E-state index in [0.29, 0.717) is 12.1 Å². The molecule has 2 heterocycles. The number of nitrogens with one attached hydrogen (secondary N) is 1. The number of thiophene rings is 1. The van der Waals surface area contributed by atoms with Gasteiger partial charge in [0.25, 0.3) is 0 Å². The first-order valence-corrected chi connectivity index (χ1v) is 8.64. The first kappa shape index (κ1) is 15.0. The molecular formula is C16H28N2S. The molecule has 1 aromatic rings. The standard InChI is InChI=1S/C16H28N2S/c1-4-5-6-9-17-12-13(2)18-10-7-16-15(14(18)3)8-11-19-16/h8,11,13-14,17H,4-7,9-10,12H2,1-3H3. The highest BCUT2D eigenvalue weighted by atomic mass is 32.1.